The molecule has 9 heteroatoms. The lowest BCUT2D eigenvalue weighted by atomic mass is 9.90. The van der Waals surface area contributed by atoms with Crippen LogP contribution in [0.15, 0.2) is 72.8 Å². The Morgan fingerprint density at radius 3 is 2.42 bits per heavy atom. The highest BCUT2D eigenvalue weighted by Gasteiger charge is 2.32. The number of benzene rings is 3. The summed E-state index contributed by atoms with van der Waals surface area (Å²) in [5, 5.41) is 5.19. The fourth-order valence-electron chi connectivity index (χ4n) is 4.39. The maximum absolute atomic E-state index is 13.0. The second kappa shape index (κ2) is 10.2. The van der Waals surface area contributed by atoms with Crippen LogP contribution in [0.3, 0.4) is 0 Å². The number of nitrogens with one attached hydrogen (secondary N) is 2. The lowest BCUT2D eigenvalue weighted by molar-refractivity contribution is -0.137. The number of anilines is 2. The molecule has 4 rings (SSSR count). The number of para-hydroxylation sites is 1. The third-order valence-electron chi connectivity index (χ3n) is 6.09. The minimum Gasteiger partial charge on any atom is -0.335 e. The Balaban J connectivity index is 1.52. The molecule has 0 aliphatic carbocycles. The average Bonchev–Trinajstić information content (AvgIpc) is 2.84. The van der Waals surface area contributed by atoms with Crippen LogP contribution < -0.4 is 10.6 Å². The molecule has 3 aromatic rings. The van der Waals surface area contributed by atoms with Gasteiger partial charge in [-0.15, -0.1) is 0 Å². The third kappa shape index (κ3) is 5.56. The van der Waals surface area contributed by atoms with Crippen LogP contribution in [0.1, 0.15) is 46.4 Å². The second-order valence-electron chi connectivity index (χ2n) is 8.51. The van der Waals surface area contributed by atoms with E-state index >= 15 is 0 Å². The highest BCUT2D eigenvalue weighted by molar-refractivity contribution is 6.10. The van der Waals surface area contributed by atoms with Crippen molar-refractivity contribution in [1.29, 1.82) is 0 Å². The molecule has 1 aliphatic rings. The van der Waals surface area contributed by atoms with Crippen LogP contribution >= 0.6 is 0 Å². The van der Waals surface area contributed by atoms with Gasteiger partial charge in [-0.2, -0.15) is 13.2 Å². The largest absolute Gasteiger partial charge is 0.416 e. The van der Waals surface area contributed by atoms with Gasteiger partial charge >= 0.3 is 6.18 Å². The summed E-state index contributed by atoms with van der Waals surface area (Å²) in [6.07, 6.45) is -3.86. The van der Waals surface area contributed by atoms with E-state index in [-0.39, 0.29) is 29.3 Å². The van der Waals surface area contributed by atoms with E-state index in [0.29, 0.717) is 13.0 Å². The number of carbonyl (C=O) groups excluding carboxylic acids is 3. The minimum atomic E-state index is -4.54. The van der Waals surface area contributed by atoms with Crippen LogP contribution in [0.5, 0.6) is 0 Å². The van der Waals surface area contributed by atoms with Crippen molar-refractivity contribution in [3.63, 3.8) is 0 Å². The fraction of sp³-hybridized carbons (Fsp3) is 0.222. The monoisotopic (exact) mass is 495 g/mol. The molecule has 1 unspecified atom stereocenters. The molecule has 3 amide bonds. The molecule has 0 saturated carbocycles. The Bertz CT molecular complexity index is 1310. The SMILES string of the molecule is CC(=O)N1CCc2ccccc2C1CC(=O)Nc1ccccc1C(=O)Nc1cccc(C(F)(F)F)c1. The maximum Gasteiger partial charge on any atom is 0.416 e. The Kier molecular flexibility index (Phi) is 7.10. The van der Waals surface area contributed by atoms with Crippen LogP contribution in [-0.4, -0.2) is 29.2 Å². The normalized spacial score (nSPS) is 15.1. The Hall–Kier alpha value is -4.14. The summed E-state index contributed by atoms with van der Waals surface area (Å²) in [5.41, 5.74) is 1.39. The molecule has 1 heterocycles. The van der Waals surface area contributed by atoms with Crippen molar-refractivity contribution in [2.75, 3.05) is 17.2 Å². The smallest absolute Gasteiger partial charge is 0.335 e. The number of alkyl halides is 3. The zero-order valence-corrected chi connectivity index (χ0v) is 19.4. The van der Waals surface area contributed by atoms with E-state index in [1.165, 1.54) is 31.2 Å². The average molecular weight is 496 g/mol. The number of halogens is 3. The predicted molar refractivity (Wildman–Crippen MR) is 129 cm³/mol. The van der Waals surface area contributed by atoms with Gasteiger partial charge in [0.2, 0.25) is 11.8 Å². The van der Waals surface area contributed by atoms with E-state index in [0.717, 1.165) is 23.3 Å². The van der Waals surface area contributed by atoms with Crippen LogP contribution in [0.2, 0.25) is 0 Å². The van der Waals surface area contributed by atoms with Crippen molar-refractivity contribution in [2.45, 2.75) is 32.0 Å². The number of fused-ring (bicyclic) bond motifs is 1. The second-order valence-corrected chi connectivity index (χ2v) is 8.51. The van der Waals surface area contributed by atoms with Crippen molar-refractivity contribution in [2.24, 2.45) is 0 Å². The molecule has 3 aromatic carbocycles. The van der Waals surface area contributed by atoms with E-state index in [1.807, 2.05) is 24.3 Å². The first-order valence-corrected chi connectivity index (χ1v) is 11.4. The lowest BCUT2D eigenvalue weighted by Gasteiger charge is -2.36. The first kappa shape index (κ1) is 25.0. The first-order valence-electron chi connectivity index (χ1n) is 11.4. The van der Waals surface area contributed by atoms with Gasteiger partial charge in [-0.05, 0) is 47.9 Å². The summed E-state index contributed by atoms with van der Waals surface area (Å²) in [6, 6.07) is 17.8. The summed E-state index contributed by atoms with van der Waals surface area (Å²) in [4.78, 5) is 39.8. The zero-order valence-electron chi connectivity index (χ0n) is 19.4. The fourth-order valence-corrected chi connectivity index (χ4v) is 4.39. The van der Waals surface area contributed by atoms with Crippen LogP contribution in [0.4, 0.5) is 24.5 Å². The van der Waals surface area contributed by atoms with Crippen molar-refractivity contribution < 1.29 is 27.6 Å². The number of rotatable bonds is 5. The molecule has 1 aliphatic heterocycles. The van der Waals surface area contributed by atoms with Gasteiger partial charge in [-0.1, -0.05) is 42.5 Å². The van der Waals surface area contributed by atoms with Gasteiger partial charge in [0.15, 0.2) is 0 Å². The van der Waals surface area contributed by atoms with Crippen molar-refractivity contribution in [3.8, 4) is 0 Å². The van der Waals surface area contributed by atoms with Crippen molar-refractivity contribution in [1.82, 2.24) is 4.90 Å². The molecule has 0 saturated heterocycles. The number of carbonyl (C=O) groups is 3. The quantitative estimate of drug-likeness (QED) is 0.495. The molecular weight excluding hydrogens is 471 g/mol. The summed E-state index contributed by atoms with van der Waals surface area (Å²) >= 11 is 0. The molecule has 6 nitrogen and oxygen atoms in total. The van der Waals surface area contributed by atoms with Gasteiger partial charge in [0.05, 0.1) is 29.3 Å². The third-order valence-corrected chi connectivity index (χ3v) is 6.09. The molecule has 186 valence electrons. The van der Waals surface area contributed by atoms with E-state index in [1.54, 1.807) is 17.0 Å². The van der Waals surface area contributed by atoms with Gasteiger partial charge in [0, 0.05) is 19.2 Å². The zero-order chi connectivity index (χ0) is 25.9. The van der Waals surface area contributed by atoms with Crippen molar-refractivity contribution >= 4 is 29.1 Å². The molecule has 0 spiro atoms. The summed E-state index contributed by atoms with van der Waals surface area (Å²) in [7, 11) is 0. The Morgan fingerprint density at radius 2 is 1.67 bits per heavy atom. The number of hydrogen-bond donors (Lipinski definition) is 2. The Labute approximate surface area is 206 Å². The lowest BCUT2D eigenvalue weighted by Crippen LogP contribution is -2.40. The molecule has 1 atom stereocenters. The topological polar surface area (TPSA) is 78.5 Å². The van der Waals surface area contributed by atoms with E-state index < -0.39 is 29.6 Å². The van der Waals surface area contributed by atoms with E-state index in [4.69, 9.17) is 0 Å². The van der Waals surface area contributed by atoms with Gasteiger partial charge in [0.1, 0.15) is 0 Å². The highest BCUT2D eigenvalue weighted by Crippen LogP contribution is 2.33. The molecule has 0 bridgehead atoms. The number of nitrogens with zero attached hydrogens (tertiary/aromatic N) is 1. The molecule has 2 N–H and O–H groups in total. The number of hydrogen-bond acceptors (Lipinski definition) is 3. The maximum atomic E-state index is 13.0. The highest BCUT2D eigenvalue weighted by atomic mass is 19.4. The number of amides is 3. The van der Waals surface area contributed by atoms with Gasteiger partial charge in [-0.3, -0.25) is 14.4 Å². The van der Waals surface area contributed by atoms with Crippen LogP contribution in [-0.2, 0) is 22.2 Å². The first-order chi connectivity index (χ1) is 17.1. The van der Waals surface area contributed by atoms with Crippen LogP contribution in [0.25, 0.3) is 0 Å². The molecule has 0 aromatic heterocycles. The standard InChI is InChI=1S/C27H24F3N3O3/c1-17(34)33-14-13-18-7-2-3-10-21(18)24(33)16-25(35)32-23-12-5-4-11-22(23)26(36)31-20-9-6-8-19(15-20)27(28,29)30/h2-12,15,24H,13-14,16H2,1H3,(H,31,36)(H,32,35). The van der Waals surface area contributed by atoms with Crippen LogP contribution in [0, 0.1) is 0 Å². The van der Waals surface area contributed by atoms with E-state index in [9.17, 15) is 27.6 Å². The van der Waals surface area contributed by atoms with Crippen molar-refractivity contribution in [3.05, 3.63) is 95.1 Å². The summed E-state index contributed by atoms with van der Waals surface area (Å²) in [6.45, 7) is 1.96. The summed E-state index contributed by atoms with van der Waals surface area (Å²) in [5.74, 6) is -1.20. The summed E-state index contributed by atoms with van der Waals surface area (Å²) < 4.78 is 39.0. The molecule has 36 heavy (non-hydrogen) atoms. The molecular formula is C27H24F3N3O3. The molecule has 0 radical (unpaired) electrons. The minimum absolute atomic E-state index is 0.0137. The Morgan fingerprint density at radius 1 is 0.944 bits per heavy atom. The van der Waals surface area contributed by atoms with Gasteiger partial charge < -0.3 is 15.5 Å². The van der Waals surface area contributed by atoms with Gasteiger partial charge in [0.25, 0.3) is 5.91 Å². The molecule has 0 fully saturated rings. The predicted octanol–water partition coefficient (Wildman–Crippen LogP) is 5.43. The van der Waals surface area contributed by atoms with Gasteiger partial charge in [-0.25, -0.2) is 0 Å². The van der Waals surface area contributed by atoms with E-state index in [2.05, 4.69) is 10.6 Å².